The predicted molar refractivity (Wildman–Crippen MR) is 109 cm³/mol. The van der Waals surface area contributed by atoms with Crippen LogP contribution in [-0.2, 0) is 4.79 Å². The van der Waals surface area contributed by atoms with Crippen molar-refractivity contribution in [2.24, 2.45) is 0 Å². The second-order valence-corrected chi connectivity index (χ2v) is 7.92. The zero-order valence-electron chi connectivity index (χ0n) is 15.8. The van der Waals surface area contributed by atoms with Crippen molar-refractivity contribution in [3.05, 3.63) is 58.0 Å². The van der Waals surface area contributed by atoms with Gasteiger partial charge in [-0.2, -0.15) is 0 Å². The van der Waals surface area contributed by atoms with Gasteiger partial charge in [0, 0.05) is 30.9 Å². The molecule has 1 aliphatic rings. The number of likely N-dealkylation sites (tertiary alicyclic amines) is 1. The van der Waals surface area contributed by atoms with Gasteiger partial charge in [0.05, 0.1) is 6.04 Å². The van der Waals surface area contributed by atoms with E-state index in [2.05, 4.69) is 10.6 Å². The number of rotatable bonds is 7. The van der Waals surface area contributed by atoms with E-state index in [0.717, 1.165) is 42.7 Å². The van der Waals surface area contributed by atoms with Gasteiger partial charge >= 0.3 is 6.03 Å². The van der Waals surface area contributed by atoms with E-state index < -0.39 is 0 Å². The lowest BCUT2D eigenvalue weighted by molar-refractivity contribution is -0.130. The van der Waals surface area contributed by atoms with E-state index in [9.17, 15) is 14.0 Å². The van der Waals surface area contributed by atoms with Crippen molar-refractivity contribution in [3.63, 3.8) is 0 Å². The van der Waals surface area contributed by atoms with Crippen molar-refractivity contribution < 1.29 is 14.0 Å². The molecule has 0 aliphatic carbocycles. The Balaban J connectivity index is 1.50. The second-order valence-electron chi connectivity index (χ2n) is 6.95. The summed E-state index contributed by atoms with van der Waals surface area (Å²) < 4.78 is 13.2. The maximum Gasteiger partial charge on any atom is 0.315 e. The molecule has 7 heteroatoms. The molecule has 0 spiro atoms. The molecule has 0 saturated carbocycles. The van der Waals surface area contributed by atoms with E-state index in [1.807, 2.05) is 22.4 Å². The number of hydrogen-bond acceptors (Lipinski definition) is 3. The molecule has 0 bridgehead atoms. The van der Waals surface area contributed by atoms with Gasteiger partial charge < -0.3 is 15.5 Å². The predicted octanol–water partition coefficient (Wildman–Crippen LogP) is 4.07. The Morgan fingerprint density at radius 3 is 2.75 bits per heavy atom. The highest BCUT2D eigenvalue weighted by molar-refractivity contribution is 7.10. The molecule has 3 amide bonds. The van der Waals surface area contributed by atoms with E-state index in [-0.39, 0.29) is 23.8 Å². The number of benzene rings is 1. The summed E-state index contributed by atoms with van der Waals surface area (Å²) in [6, 6.07) is 9.44. The van der Waals surface area contributed by atoms with Crippen molar-refractivity contribution in [2.45, 2.75) is 38.1 Å². The maximum absolute atomic E-state index is 13.2. The third-order valence-corrected chi connectivity index (χ3v) is 5.81. The van der Waals surface area contributed by atoms with Crippen molar-refractivity contribution in [1.29, 1.82) is 0 Å². The first-order chi connectivity index (χ1) is 13.6. The molecular weight excluding hydrogens is 377 g/mol. The van der Waals surface area contributed by atoms with Crippen LogP contribution in [0, 0.1) is 5.82 Å². The molecule has 2 N–H and O–H groups in total. The molecule has 1 atom stereocenters. The van der Waals surface area contributed by atoms with Gasteiger partial charge in [0.25, 0.3) is 0 Å². The quantitative estimate of drug-likeness (QED) is 0.685. The van der Waals surface area contributed by atoms with Crippen LogP contribution in [0.2, 0.25) is 0 Å². The topological polar surface area (TPSA) is 61.4 Å². The van der Waals surface area contributed by atoms with Crippen molar-refractivity contribution in [1.82, 2.24) is 15.5 Å². The lowest BCUT2D eigenvalue weighted by Gasteiger charge is -2.21. The summed E-state index contributed by atoms with van der Waals surface area (Å²) in [4.78, 5) is 27.3. The first-order valence-corrected chi connectivity index (χ1v) is 10.6. The van der Waals surface area contributed by atoms with Gasteiger partial charge in [-0.05, 0) is 48.4 Å². The lowest BCUT2D eigenvalue weighted by atomic mass is 10.1. The summed E-state index contributed by atoms with van der Waals surface area (Å²) in [5, 5.41) is 7.79. The van der Waals surface area contributed by atoms with Crippen LogP contribution in [0.15, 0.2) is 41.8 Å². The molecule has 1 aliphatic heterocycles. The van der Waals surface area contributed by atoms with Crippen LogP contribution in [0.25, 0.3) is 0 Å². The van der Waals surface area contributed by atoms with Crippen LogP contribution >= 0.6 is 11.3 Å². The molecule has 1 aromatic heterocycles. The zero-order chi connectivity index (χ0) is 19.8. The molecule has 1 saturated heterocycles. The molecule has 2 aromatic rings. The highest BCUT2D eigenvalue weighted by Gasteiger charge is 2.19. The molecule has 150 valence electrons. The van der Waals surface area contributed by atoms with Crippen molar-refractivity contribution in [3.8, 4) is 0 Å². The Bertz CT molecular complexity index is 764. The molecule has 28 heavy (non-hydrogen) atoms. The molecule has 1 aromatic carbocycles. The Hall–Kier alpha value is -2.41. The Morgan fingerprint density at radius 2 is 2.00 bits per heavy atom. The van der Waals surface area contributed by atoms with E-state index >= 15 is 0 Å². The maximum atomic E-state index is 13.2. The number of carbonyl (C=O) groups excluding carboxylic acids is 2. The molecule has 3 rings (SSSR count). The Kier molecular flexibility index (Phi) is 7.42. The van der Waals surface area contributed by atoms with Crippen LogP contribution in [0.5, 0.6) is 0 Å². The van der Waals surface area contributed by atoms with Gasteiger partial charge in [-0.25, -0.2) is 9.18 Å². The lowest BCUT2D eigenvalue weighted by Crippen LogP contribution is -2.40. The molecule has 1 fully saturated rings. The molecule has 5 nitrogen and oxygen atoms in total. The van der Waals surface area contributed by atoms with Gasteiger partial charge in [-0.3, -0.25) is 4.79 Å². The standard InChI is InChI=1S/C21H26FN3O2S/c22-17-10-8-16(9-11-17)20(18-6-4-15-28-18)24-21(27)23-12-5-14-25-13-3-1-2-7-19(25)26/h4,6,8-11,15,20H,1-3,5,7,12-14H2,(H2,23,24,27). The van der Waals surface area contributed by atoms with E-state index in [1.165, 1.54) is 12.1 Å². The van der Waals surface area contributed by atoms with Gasteiger partial charge in [-0.15, -0.1) is 11.3 Å². The van der Waals surface area contributed by atoms with Gasteiger partial charge in [0.15, 0.2) is 0 Å². The fourth-order valence-corrected chi connectivity index (χ4v) is 4.16. The third kappa shape index (κ3) is 5.79. The third-order valence-electron chi connectivity index (χ3n) is 4.87. The number of amides is 3. The summed E-state index contributed by atoms with van der Waals surface area (Å²) in [5.41, 5.74) is 0.828. The van der Waals surface area contributed by atoms with Crippen LogP contribution in [0.3, 0.4) is 0 Å². The van der Waals surface area contributed by atoms with Gasteiger partial charge in [0.1, 0.15) is 5.82 Å². The van der Waals surface area contributed by atoms with Crippen LogP contribution in [-0.4, -0.2) is 36.5 Å². The summed E-state index contributed by atoms with van der Waals surface area (Å²) >= 11 is 1.54. The normalized spacial score (nSPS) is 15.8. The summed E-state index contributed by atoms with van der Waals surface area (Å²) in [6.45, 7) is 1.98. The number of hydrogen-bond donors (Lipinski definition) is 2. The average molecular weight is 404 g/mol. The molecule has 0 radical (unpaired) electrons. The van der Waals surface area contributed by atoms with E-state index in [4.69, 9.17) is 0 Å². The fourth-order valence-electron chi connectivity index (χ4n) is 3.36. The second kappa shape index (κ2) is 10.2. The van der Waals surface area contributed by atoms with E-state index in [1.54, 1.807) is 23.5 Å². The molecule has 2 heterocycles. The summed E-state index contributed by atoms with van der Waals surface area (Å²) in [6.07, 6.45) is 4.49. The summed E-state index contributed by atoms with van der Waals surface area (Å²) in [5.74, 6) is -0.0859. The SMILES string of the molecule is O=C(NCCCN1CCCCCC1=O)NC(c1ccc(F)cc1)c1cccs1. The van der Waals surface area contributed by atoms with Crippen molar-refractivity contribution in [2.75, 3.05) is 19.6 Å². The highest BCUT2D eigenvalue weighted by Crippen LogP contribution is 2.26. The van der Waals surface area contributed by atoms with Gasteiger partial charge in [0.2, 0.25) is 5.91 Å². The zero-order valence-corrected chi connectivity index (χ0v) is 16.6. The van der Waals surface area contributed by atoms with E-state index in [0.29, 0.717) is 19.5 Å². The number of carbonyl (C=O) groups is 2. The minimum atomic E-state index is -0.326. The number of thiophene rings is 1. The smallest absolute Gasteiger partial charge is 0.315 e. The van der Waals surface area contributed by atoms with Crippen LogP contribution in [0.4, 0.5) is 9.18 Å². The average Bonchev–Trinajstić information content (AvgIpc) is 3.14. The highest BCUT2D eigenvalue weighted by atomic mass is 32.1. The number of halogens is 1. The fraction of sp³-hybridized carbons (Fsp3) is 0.429. The number of nitrogens with zero attached hydrogens (tertiary/aromatic N) is 1. The Morgan fingerprint density at radius 1 is 1.18 bits per heavy atom. The van der Waals surface area contributed by atoms with Gasteiger partial charge in [-0.1, -0.05) is 24.6 Å². The Labute approximate surface area is 168 Å². The number of urea groups is 1. The largest absolute Gasteiger partial charge is 0.343 e. The molecule has 1 unspecified atom stereocenters. The monoisotopic (exact) mass is 403 g/mol. The first-order valence-electron chi connectivity index (χ1n) is 9.74. The minimum Gasteiger partial charge on any atom is -0.343 e. The number of nitrogens with one attached hydrogen (secondary N) is 2. The van der Waals surface area contributed by atoms with Crippen molar-refractivity contribution >= 4 is 23.3 Å². The molecular formula is C21H26FN3O2S. The summed E-state index contributed by atoms with van der Waals surface area (Å²) in [7, 11) is 0. The minimum absolute atomic E-state index is 0.219. The first kappa shape index (κ1) is 20.3. The van der Waals surface area contributed by atoms with Crippen LogP contribution < -0.4 is 10.6 Å². The van der Waals surface area contributed by atoms with Crippen LogP contribution in [0.1, 0.15) is 48.6 Å².